The van der Waals surface area contributed by atoms with E-state index in [4.69, 9.17) is 4.74 Å². The van der Waals surface area contributed by atoms with Gasteiger partial charge in [0.25, 0.3) is 5.91 Å². The lowest BCUT2D eigenvalue weighted by Crippen LogP contribution is -2.24. The van der Waals surface area contributed by atoms with Gasteiger partial charge >= 0.3 is 0 Å². The monoisotopic (exact) mass is 395 g/mol. The van der Waals surface area contributed by atoms with Gasteiger partial charge in [-0.1, -0.05) is 12.1 Å². The van der Waals surface area contributed by atoms with Gasteiger partial charge in [-0.05, 0) is 77.4 Å². The van der Waals surface area contributed by atoms with Crippen molar-refractivity contribution in [3.63, 3.8) is 0 Å². The molecule has 0 aliphatic heterocycles. The number of carbonyl (C=O) groups excluding carboxylic acids is 1. The first-order valence-corrected chi connectivity index (χ1v) is 7.93. The molecule has 0 radical (unpaired) electrons. The Morgan fingerprint density at radius 1 is 1.10 bits per heavy atom. The molecular formula is C17H18INO2. The third kappa shape index (κ3) is 5.04. The molecule has 0 saturated carbocycles. The van der Waals surface area contributed by atoms with E-state index in [0.717, 1.165) is 22.2 Å². The fourth-order valence-corrected chi connectivity index (χ4v) is 2.35. The van der Waals surface area contributed by atoms with E-state index >= 15 is 0 Å². The van der Waals surface area contributed by atoms with Crippen LogP contribution in [0, 0.1) is 3.57 Å². The van der Waals surface area contributed by atoms with E-state index in [1.165, 1.54) is 5.56 Å². The molecule has 0 saturated heterocycles. The Bertz CT molecular complexity index is 579. The fourth-order valence-electron chi connectivity index (χ4n) is 1.99. The molecule has 0 heterocycles. The van der Waals surface area contributed by atoms with Crippen LogP contribution in [-0.2, 0) is 6.42 Å². The summed E-state index contributed by atoms with van der Waals surface area (Å²) in [6.07, 6.45) is 1.86. The minimum absolute atomic E-state index is 0.0128. The molecule has 21 heavy (non-hydrogen) atoms. The molecule has 0 atom stereocenters. The van der Waals surface area contributed by atoms with Gasteiger partial charge in [0.1, 0.15) is 5.75 Å². The van der Waals surface area contributed by atoms with Crippen LogP contribution in [0.4, 0.5) is 0 Å². The second-order valence-corrected chi connectivity index (χ2v) is 5.96. The van der Waals surface area contributed by atoms with Crippen LogP contribution in [-0.4, -0.2) is 19.6 Å². The summed E-state index contributed by atoms with van der Waals surface area (Å²) in [5, 5.41) is 2.95. The first-order valence-electron chi connectivity index (χ1n) is 6.86. The van der Waals surface area contributed by atoms with Crippen molar-refractivity contribution in [3.05, 3.63) is 63.2 Å². The SMILES string of the molecule is COc1ccc(CCCNC(=O)c2ccc(I)cc2)cc1. The Morgan fingerprint density at radius 2 is 1.76 bits per heavy atom. The molecule has 1 amide bonds. The van der Waals surface area contributed by atoms with Gasteiger partial charge in [-0.25, -0.2) is 0 Å². The number of hydrogen-bond acceptors (Lipinski definition) is 2. The van der Waals surface area contributed by atoms with Gasteiger partial charge < -0.3 is 10.1 Å². The number of rotatable bonds is 6. The molecule has 4 heteroatoms. The molecule has 0 aliphatic rings. The highest BCUT2D eigenvalue weighted by molar-refractivity contribution is 14.1. The average Bonchev–Trinajstić information content (AvgIpc) is 2.52. The summed E-state index contributed by atoms with van der Waals surface area (Å²) in [6.45, 7) is 0.677. The van der Waals surface area contributed by atoms with Crippen LogP contribution in [0.5, 0.6) is 5.75 Å². The number of nitrogens with one attached hydrogen (secondary N) is 1. The van der Waals surface area contributed by atoms with Crippen LogP contribution in [0.3, 0.4) is 0 Å². The standard InChI is InChI=1S/C17H18INO2/c1-21-16-10-4-13(5-11-16)3-2-12-19-17(20)14-6-8-15(18)9-7-14/h4-11H,2-3,12H2,1H3,(H,19,20). The maximum atomic E-state index is 11.9. The highest BCUT2D eigenvalue weighted by atomic mass is 127. The zero-order valence-corrected chi connectivity index (χ0v) is 14.1. The summed E-state index contributed by atoms with van der Waals surface area (Å²) in [6, 6.07) is 15.6. The molecule has 1 N–H and O–H groups in total. The van der Waals surface area contributed by atoms with Crippen molar-refractivity contribution in [2.24, 2.45) is 0 Å². The summed E-state index contributed by atoms with van der Waals surface area (Å²) in [4.78, 5) is 11.9. The molecule has 2 rings (SSSR count). The predicted octanol–water partition coefficient (Wildman–Crippen LogP) is 3.66. The van der Waals surface area contributed by atoms with Gasteiger partial charge in [0.15, 0.2) is 0 Å². The molecular weight excluding hydrogens is 377 g/mol. The number of benzene rings is 2. The lowest BCUT2D eigenvalue weighted by molar-refractivity contribution is 0.0953. The molecule has 110 valence electrons. The van der Waals surface area contributed by atoms with Crippen molar-refractivity contribution >= 4 is 28.5 Å². The first kappa shape index (κ1) is 15.8. The molecule has 0 fully saturated rings. The van der Waals surface area contributed by atoms with Gasteiger partial charge in [0.05, 0.1) is 7.11 Å². The topological polar surface area (TPSA) is 38.3 Å². The zero-order chi connectivity index (χ0) is 15.1. The van der Waals surface area contributed by atoms with Crippen LogP contribution >= 0.6 is 22.6 Å². The Morgan fingerprint density at radius 3 is 2.38 bits per heavy atom. The summed E-state index contributed by atoms with van der Waals surface area (Å²) in [5.74, 6) is 0.854. The van der Waals surface area contributed by atoms with Crippen LogP contribution in [0.2, 0.25) is 0 Å². The van der Waals surface area contributed by atoms with Gasteiger partial charge in [0.2, 0.25) is 0 Å². The maximum Gasteiger partial charge on any atom is 0.251 e. The van der Waals surface area contributed by atoms with E-state index < -0.39 is 0 Å². The number of carbonyl (C=O) groups is 1. The quantitative estimate of drug-likeness (QED) is 0.599. The molecule has 0 spiro atoms. The molecule has 0 unspecified atom stereocenters. The average molecular weight is 395 g/mol. The number of aryl methyl sites for hydroxylation is 1. The normalized spacial score (nSPS) is 10.2. The molecule has 0 aliphatic carbocycles. The summed E-state index contributed by atoms with van der Waals surface area (Å²) < 4.78 is 6.25. The van der Waals surface area contributed by atoms with E-state index in [9.17, 15) is 4.79 Å². The Balaban J connectivity index is 1.73. The predicted molar refractivity (Wildman–Crippen MR) is 92.8 cm³/mol. The summed E-state index contributed by atoms with van der Waals surface area (Å²) >= 11 is 2.23. The molecule has 2 aromatic carbocycles. The van der Waals surface area contributed by atoms with Crippen molar-refractivity contribution in [1.82, 2.24) is 5.32 Å². The van der Waals surface area contributed by atoms with E-state index in [2.05, 4.69) is 40.0 Å². The van der Waals surface area contributed by atoms with E-state index in [0.29, 0.717) is 12.1 Å². The number of amides is 1. The lowest BCUT2D eigenvalue weighted by Gasteiger charge is -2.06. The number of ether oxygens (including phenoxy) is 1. The number of halogens is 1. The Kier molecular flexibility index (Phi) is 6.04. The van der Waals surface area contributed by atoms with Gasteiger partial charge in [0, 0.05) is 15.7 Å². The first-order chi connectivity index (χ1) is 10.2. The van der Waals surface area contributed by atoms with Crippen molar-refractivity contribution in [1.29, 1.82) is 0 Å². The van der Waals surface area contributed by atoms with Gasteiger partial charge in [-0.2, -0.15) is 0 Å². The van der Waals surface area contributed by atoms with Crippen molar-refractivity contribution in [2.45, 2.75) is 12.8 Å². The molecule has 2 aromatic rings. The van der Waals surface area contributed by atoms with Crippen molar-refractivity contribution in [3.8, 4) is 5.75 Å². The van der Waals surface area contributed by atoms with E-state index in [1.54, 1.807) is 7.11 Å². The van der Waals surface area contributed by atoms with Crippen LogP contribution in [0.25, 0.3) is 0 Å². The Labute approximate surface area is 138 Å². The minimum Gasteiger partial charge on any atom is -0.497 e. The van der Waals surface area contributed by atoms with Crippen molar-refractivity contribution in [2.75, 3.05) is 13.7 Å². The molecule has 0 aromatic heterocycles. The highest BCUT2D eigenvalue weighted by Crippen LogP contribution is 2.12. The van der Waals surface area contributed by atoms with Gasteiger partial charge in [-0.3, -0.25) is 4.79 Å². The summed E-state index contributed by atoms with van der Waals surface area (Å²) in [5.41, 5.74) is 1.96. The van der Waals surface area contributed by atoms with Crippen LogP contribution in [0.15, 0.2) is 48.5 Å². The second kappa shape index (κ2) is 8.02. The smallest absolute Gasteiger partial charge is 0.251 e. The van der Waals surface area contributed by atoms with Crippen LogP contribution < -0.4 is 10.1 Å². The summed E-state index contributed by atoms with van der Waals surface area (Å²) in [7, 11) is 1.66. The third-order valence-corrected chi connectivity index (χ3v) is 3.91. The lowest BCUT2D eigenvalue weighted by atomic mass is 10.1. The fraction of sp³-hybridized carbons (Fsp3) is 0.235. The number of hydrogen-bond donors (Lipinski definition) is 1. The van der Waals surface area contributed by atoms with E-state index in [1.807, 2.05) is 36.4 Å². The minimum atomic E-state index is -0.0128. The zero-order valence-electron chi connectivity index (χ0n) is 11.9. The van der Waals surface area contributed by atoms with E-state index in [-0.39, 0.29) is 5.91 Å². The number of methoxy groups -OCH3 is 1. The highest BCUT2D eigenvalue weighted by Gasteiger charge is 2.04. The third-order valence-electron chi connectivity index (χ3n) is 3.19. The van der Waals surface area contributed by atoms with Gasteiger partial charge in [-0.15, -0.1) is 0 Å². The van der Waals surface area contributed by atoms with Crippen molar-refractivity contribution < 1.29 is 9.53 Å². The maximum absolute atomic E-state index is 11.9. The molecule has 3 nitrogen and oxygen atoms in total. The largest absolute Gasteiger partial charge is 0.497 e. The second-order valence-electron chi connectivity index (χ2n) is 4.71. The molecule has 0 bridgehead atoms. The Hall–Kier alpha value is -1.56. The van der Waals surface area contributed by atoms with Crippen LogP contribution in [0.1, 0.15) is 22.3 Å².